The molecule has 0 fully saturated rings. The van der Waals surface area contributed by atoms with E-state index < -0.39 is 5.97 Å². The molecule has 0 radical (unpaired) electrons. The summed E-state index contributed by atoms with van der Waals surface area (Å²) < 4.78 is 0. The number of carbonyl (C=O) groups is 2. The van der Waals surface area contributed by atoms with Crippen LogP contribution in [0.15, 0.2) is 11.8 Å². The number of carboxylic acid groups (broad SMARTS) is 1. The first kappa shape index (κ1) is 8.58. The van der Waals surface area contributed by atoms with Gasteiger partial charge in [-0.05, 0) is 12.8 Å². The SMILES string of the molecule is O=C([O-])CCC1=CCC(=O)NN1. The van der Waals surface area contributed by atoms with E-state index >= 15 is 0 Å². The largest absolute Gasteiger partial charge is 0.550 e. The summed E-state index contributed by atoms with van der Waals surface area (Å²) >= 11 is 0. The molecule has 0 saturated carbocycles. The van der Waals surface area contributed by atoms with Crippen molar-refractivity contribution in [3.8, 4) is 0 Å². The quantitative estimate of drug-likeness (QED) is 0.534. The van der Waals surface area contributed by atoms with E-state index in [0.29, 0.717) is 12.8 Å². The molecule has 0 spiro atoms. The fraction of sp³-hybridized carbons (Fsp3) is 0.429. The van der Waals surface area contributed by atoms with Crippen LogP contribution in [0.2, 0.25) is 0 Å². The Morgan fingerprint density at radius 3 is 2.83 bits per heavy atom. The number of hydrogen-bond donors (Lipinski definition) is 2. The summed E-state index contributed by atoms with van der Waals surface area (Å²) in [7, 11) is 0. The molecule has 0 aromatic carbocycles. The molecule has 0 bridgehead atoms. The number of carboxylic acids is 1. The highest BCUT2D eigenvalue weighted by Crippen LogP contribution is 2.04. The van der Waals surface area contributed by atoms with Crippen LogP contribution in [-0.2, 0) is 9.59 Å². The van der Waals surface area contributed by atoms with Gasteiger partial charge in [-0.15, -0.1) is 0 Å². The Balaban J connectivity index is 2.33. The maximum absolute atomic E-state index is 10.6. The summed E-state index contributed by atoms with van der Waals surface area (Å²) in [5, 5.41) is 10.1. The monoisotopic (exact) mass is 169 g/mol. The first-order valence-electron chi connectivity index (χ1n) is 3.62. The number of nitrogens with one attached hydrogen (secondary N) is 2. The molecule has 0 unspecified atom stereocenters. The van der Waals surface area contributed by atoms with E-state index in [1.807, 2.05) is 0 Å². The third kappa shape index (κ3) is 2.61. The summed E-state index contributed by atoms with van der Waals surface area (Å²) in [4.78, 5) is 20.7. The number of hydrazine groups is 1. The van der Waals surface area contributed by atoms with E-state index in [2.05, 4.69) is 10.9 Å². The second-order valence-corrected chi connectivity index (χ2v) is 2.48. The van der Waals surface area contributed by atoms with Gasteiger partial charge >= 0.3 is 0 Å². The molecule has 1 amide bonds. The normalized spacial score (nSPS) is 16.0. The van der Waals surface area contributed by atoms with Gasteiger partial charge in [0.2, 0.25) is 5.91 Å². The van der Waals surface area contributed by atoms with E-state index in [4.69, 9.17) is 0 Å². The van der Waals surface area contributed by atoms with Gasteiger partial charge in [0.15, 0.2) is 0 Å². The highest BCUT2D eigenvalue weighted by molar-refractivity contribution is 5.78. The topological polar surface area (TPSA) is 81.3 Å². The van der Waals surface area contributed by atoms with Gasteiger partial charge in [-0.2, -0.15) is 0 Å². The molecule has 0 aromatic heterocycles. The molecule has 1 aliphatic heterocycles. The minimum atomic E-state index is -1.09. The van der Waals surface area contributed by atoms with Gasteiger partial charge in [0.05, 0.1) is 0 Å². The highest BCUT2D eigenvalue weighted by atomic mass is 16.4. The molecule has 0 saturated heterocycles. The summed E-state index contributed by atoms with van der Waals surface area (Å²) in [6, 6.07) is 0. The number of amides is 1. The molecule has 2 N–H and O–H groups in total. The lowest BCUT2D eigenvalue weighted by atomic mass is 10.2. The van der Waals surface area contributed by atoms with Gasteiger partial charge in [0.25, 0.3) is 0 Å². The van der Waals surface area contributed by atoms with Gasteiger partial charge in [0, 0.05) is 18.1 Å². The summed E-state index contributed by atoms with van der Waals surface area (Å²) in [6.07, 6.45) is 2.30. The molecular formula is C7H9N2O3-. The second-order valence-electron chi connectivity index (χ2n) is 2.48. The van der Waals surface area contributed by atoms with Gasteiger partial charge < -0.3 is 15.3 Å². The molecule has 66 valence electrons. The number of carbonyl (C=O) groups excluding carboxylic acids is 2. The maximum atomic E-state index is 10.6. The van der Waals surface area contributed by atoms with Crippen molar-refractivity contribution in [3.05, 3.63) is 11.8 Å². The van der Waals surface area contributed by atoms with Gasteiger partial charge in [-0.1, -0.05) is 6.08 Å². The highest BCUT2D eigenvalue weighted by Gasteiger charge is 2.06. The Morgan fingerprint density at radius 1 is 1.58 bits per heavy atom. The summed E-state index contributed by atoms with van der Waals surface area (Å²) in [6.45, 7) is 0. The fourth-order valence-corrected chi connectivity index (χ4v) is 0.869. The van der Waals surface area contributed by atoms with Crippen LogP contribution < -0.4 is 16.0 Å². The van der Waals surface area contributed by atoms with Gasteiger partial charge in [0.1, 0.15) is 0 Å². The summed E-state index contributed by atoms with van der Waals surface area (Å²) in [5.41, 5.74) is 5.70. The average Bonchev–Trinajstić information content (AvgIpc) is 2.03. The van der Waals surface area contributed by atoms with Crippen molar-refractivity contribution in [3.63, 3.8) is 0 Å². The van der Waals surface area contributed by atoms with E-state index in [1.54, 1.807) is 6.08 Å². The van der Waals surface area contributed by atoms with Crippen LogP contribution in [0.25, 0.3) is 0 Å². The smallest absolute Gasteiger partial charge is 0.242 e. The molecule has 1 rings (SSSR count). The van der Waals surface area contributed by atoms with Crippen LogP contribution in [-0.4, -0.2) is 11.9 Å². The van der Waals surface area contributed by atoms with Crippen LogP contribution >= 0.6 is 0 Å². The van der Waals surface area contributed by atoms with Crippen LogP contribution in [0.5, 0.6) is 0 Å². The Labute approximate surface area is 69.4 Å². The van der Waals surface area contributed by atoms with Crippen LogP contribution in [0.1, 0.15) is 19.3 Å². The molecule has 1 heterocycles. The minimum Gasteiger partial charge on any atom is -0.550 e. The van der Waals surface area contributed by atoms with Crippen molar-refractivity contribution in [2.75, 3.05) is 0 Å². The third-order valence-corrected chi connectivity index (χ3v) is 1.49. The molecule has 5 heteroatoms. The molecule has 0 atom stereocenters. The van der Waals surface area contributed by atoms with Crippen molar-refractivity contribution in [1.29, 1.82) is 0 Å². The Kier molecular flexibility index (Phi) is 2.68. The molecule has 1 aliphatic rings. The van der Waals surface area contributed by atoms with Crippen molar-refractivity contribution >= 4 is 11.9 Å². The minimum absolute atomic E-state index is 0.0330. The van der Waals surface area contributed by atoms with Crippen molar-refractivity contribution in [2.45, 2.75) is 19.3 Å². The molecule has 0 aliphatic carbocycles. The maximum Gasteiger partial charge on any atom is 0.242 e. The lowest BCUT2D eigenvalue weighted by Gasteiger charge is -2.16. The predicted molar refractivity (Wildman–Crippen MR) is 38.2 cm³/mol. The predicted octanol–water partition coefficient (Wildman–Crippen LogP) is -1.58. The number of hydrogen-bond acceptors (Lipinski definition) is 4. The Bertz CT molecular complexity index is 235. The first-order valence-corrected chi connectivity index (χ1v) is 3.62. The van der Waals surface area contributed by atoms with E-state index in [9.17, 15) is 14.7 Å². The first-order chi connectivity index (χ1) is 5.68. The Hall–Kier alpha value is -1.52. The lowest BCUT2D eigenvalue weighted by molar-refractivity contribution is -0.305. The van der Waals surface area contributed by atoms with Crippen molar-refractivity contribution < 1.29 is 14.7 Å². The number of rotatable bonds is 3. The standard InChI is InChI=1S/C7H10N2O3/c10-6-3-1-5(8-9-6)2-4-7(11)12/h1,8H,2-4H2,(H,9,10)(H,11,12)/p-1. The molecule has 5 nitrogen and oxygen atoms in total. The zero-order valence-corrected chi connectivity index (χ0v) is 6.42. The zero-order valence-electron chi connectivity index (χ0n) is 6.42. The third-order valence-electron chi connectivity index (χ3n) is 1.49. The van der Waals surface area contributed by atoms with E-state index in [1.165, 1.54) is 0 Å². The number of aliphatic carboxylic acids is 1. The van der Waals surface area contributed by atoms with Gasteiger partial charge in [-0.3, -0.25) is 10.2 Å². The average molecular weight is 169 g/mol. The van der Waals surface area contributed by atoms with Gasteiger partial charge in [-0.25, -0.2) is 0 Å². The summed E-state index contributed by atoms with van der Waals surface area (Å²) in [5.74, 6) is -1.21. The van der Waals surface area contributed by atoms with E-state index in [-0.39, 0.29) is 12.3 Å². The Morgan fingerprint density at radius 2 is 2.33 bits per heavy atom. The zero-order chi connectivity index (χ0) is 8.97. The second kappa shape index (κ2) is 3.75. The van der Waals surface area contributed by atoms with Crippen molar-refractivity contribution in [1.82, 2.24) is 10.9 Å². The number of allylic oxidation sites excluding steroid dienone is 1. The van der Waals surface area contributed by atoms with Crippen molar-refractivity contribution in [2.24, 2.45) is 0 Å². The molecular weight excluding hydrogens is 160 g/mol. The van der Waals surface area contributed by atoms with E-state index in [0.717, 1.165) is 5.70 Å². The van der Waals surface area contributed by atoms with Crippen LogP contribution in [0.3, 0.4) is 0 Å². The molecule has 12 heavy (non-hydrogen) atoms. The van der Waals surface area contributed by atoms with Crippen LogP contribution in [0.4, 0.5) is 0 Å². The van der Waals surface area contributed by atoms with Crippen LogP contribution in [0, 0.1) is 0 Å². The lowest BCUT2D eigenvalue weighted by Crippen LogP contribution is -2.40. The fourth-order valence-electron chi connectivity index (χ4n) is 0.869. The molecule has 0 aromatic rings.